The number of nitro groups is 1. The molecule has 0 saturated carbocycles. The maximum Gasteiger partial charge on any atom is 0.269 e. The third-order valence-corrected chi connectivity index (χ3v) is 4.17. The van der Waals surface area contributed by atoms with E-state index in [9.17, 15) is 10.1 Å². The zero-order valence-electron chi connectivity index (χ0n) is 14.3. The molecule has 2 N–H and O–H groups in total. The van der Waals surface area contributed by atoms with Crippen molar-refractivity contribution in [2.45, 2.75) is 32.9 Å². The van der Waals surface area contributed by atoms with Crippen LogP contribution in [-0.2, 0) is 13.0 Å². The van der Waals surface area contributed by atoms with Crippen LogP contribution in [0.5, 0.6) is 0 Å². The predicted molar refractivity (Wildman–Crippen MR) is 114 cm³/mol. The van der Waals surface area contributed by atoms with Crippen LogP contribution >= 0.6 is 35.3 Å². The number of non-ortho nitro benzene ring substituents is 1. The van der Waals surface area contributed by atoms with Crippen molar-refractivity contribution in [1.29, 1.82) is 0 Å². The molecule has 2 rings (SSSR count). The van der Waals surface area contributed by atoms with E-state index in [1.54, 1.807) is 23.5 Å². The van der Waals surface area contributed by atoms with Crippen molar-refractivity contribution >= 4 is 47.0 Å². The molecular formula is C17H23IN4O2S. The van der Waals surface area contributed by atoms with E-state index >= 15 is 0 Å². The number of hydrogen-bond acceptors (Lipinski definition) is 4. The molecule has 0 spiro atoms. The Morgan fingerprint density at radius 1 is 1.28 bits per heavy atom. The van der Waals surface area contributed by atoms with Crippen LogP contribution in [0.4, 0.5) is 5.69 Å². The fourth-order valence-corrected chi connectivity index (χ4v) is 2.79. The number of aliphatic imine (C=N–C) groups is 1. The molecule has 136 valence electrons. The van der Waals surface area contributed by atoms with Crippen molar-refractivity contribution in [3.05, 3.63) is 62.3 Å². The first-order chi connectivity index (χ1) is 11.5. The number of nitro benzene ring substituents is 1. The zero-order chi connectivity index (χ0) is 17.4. The molecule has 0 unspecified atom stereocenters. The van der Waals surface area contributed by atoms with Crippen molar-refractivity contribution in [3.8, 4) is 0 Å². The highest BCUT2D eigenvalue weighted by molar-refractivity contribution is 14.0. The van der Waals surface area contributed by atoms with Crippen molar-refractivity contribution in [3.63, 3.8) is 0 Å². The maximum absolute atomic E-state index is 10.7. The number of guanidine groups is 1. The van der Waals surface area contributed by atoms with E-state index in [2.05, 4.69) is 47.0 Å². The van der Waals surface area contributed by atoms with Gasteiger partial charge in [-0.25, -0.2) is 4.99 Å². The first-order valence-electron chi connectivity index (χ1n) is 7.85. The largest absolute Gasteiger partial charge is 0.356 e. The lowest BCUT2D eigenvalue weighted by molar-refractivity contribution is -0.384. The molecule has 25 heavy (non-hydrogen) atoms. The van der Waals surface area contributed by atoms with Crippen LogP contribution in [0.25, 0.3) is 0 Å². The Hall–Kier alpha value is -1.68. The minimum atomic E-state index is -0.398. The summed E-state index contributed by atoms with van der Waals surface area (Å²) in [6, 6.07) is 10.9. The highest BCUT2D eigenvalue weighted by atomic mass is 127. The predicted octanol–water partition coefficient (Wildman–Crippen LogP) is 3.96. The molecule has 1 heterocycles. The van der Waals surface area contributed by atoms with Gasteiger partial charge >= 0.3 is 0 Å². The van der Waals surface area contributed by atoms with Crippen molar-refractivity contribution in [2.75, 3.05) is 6.54 Å². The van der Waals surface area contributed by atoms with Gasteiger partial charge in [0, 0.05) is 29.6 Å². The molecule has 0 amide bonds. The minimum Gasteiger partial charge on any atom is -0.356 e. The van der Waals surface area contributed by atoms with Gasteiger partial charge in [0.25, 0.3) is 5.69 Å². The lowest BCUT2D eigenvalue weighted by Crippen LogP contribution is -2.41. The van der Waals surface area contributed by atoms with Crippen molar-refractivity contribution in [2.24, 2.45) is 4.99 Å². The highest BCUT2D eigenvalue weighted by Gasteiger charge is 2.05. The fraction of sp³-hybridized carbons (Fsp3) is 0.353. The third kappa shape index (κ3) is 7.82. The Labute approximate surface area is 168 Å². The van der Waals surface area contributed by atoms with Gasteiger partial charge < -0.3 is 10.6 Å². The quantitative estimate of drug-likeness (QED) is 0.209. The number of halogens is 1. The van der Waals surface area contributed by atoms with Crippen LogP contribution in [0.1, 0.15) is 24.3 Å². The van der Waals surface area contributed by atoms with E-state index in [1.807, 2.05) is 0 Å². The van der Waals surface area contributed by atoms with Crippen LogP contribution < -0.4 is 10.6 Å². The maximum atomic E-state index is 10.7. The van der Waals surface area contributed by atoms with Crippen molar-refractivity contribution < 1.29 is 4.92 Å². The van der Waals surface area contributed by atoms with Crippen LogP contribution in [-0.4, -0.2) is 23.5 Å². The van der Waals surface area contributed by atoms with Gasteiger partial charge in [0.2, 0.25) is 0 Å². The SMILES string of the molecule is CC(C)NC(=NCc1ccc([N+](=O)[O-])cc1)NCCc1cccs1.I. The summed E-state index contributed by atoms with van der Waals surface area (Å²) >= 11 is 1.75. The summed E-state index contributed by atoms with van der Waals surface area (Å²) in [4.78, 5) is 16.2. The van der Waals surface area contributed by atoms with Gasteiger partial charge in [-0.05, 0) is 37.3 Å². The van der Waals surface area contributed by atoms with E-state index in [4.69, 9.17) is 0 Å². The molecule has 0 bridgehead atoms. The number of rotatable bonds is 7. The molecule has 0 fully saturated rings. The number of hydrogen-bond donors (Lipinski definition) is 2. The Bertz CT molecular complexity index is 672. The van der Waals surface area contributed by atoms with Crippen LogP contribution in [0.2, 0.25) is 0 Å². The first-order valence-corrected chi connectivity index (χ1v) is 8.73. The lowest BCUT2D eigenvalue weighted by atomic mass is 10.2. The average Bonchev–Trinajstić information content (AvgIpc) is 3.05. The molecule has 0 aliphatic heterocycles. The number of thiophene rings is 1. The number of benzene rings is 1. The summed E-state index contributed by atoms with van der Waals surface area (Å²) in [5.74, 6) is 0.750. The smallest absolute Gasteiger partial charge is 0.269 e. The second-order valence-electron chi connectivity index (χ2n) is 5.64. The van der Waals surface area contributed by atoms with Crippen LogP contribution in [0, 0.1) is 10.1 Å². The van der Waals surface area contributed by atoms with Gasteiger partial charge in [0.1, 0.15) is 0 Å². The van der Waals surface area contributed by atoms with E-state index in [1.165, 1.54) is 17.0 Å². The molecular weight excluding hydrogens is 451 g/mol. The standard InChI is InChI=1S/C17H22N4O2S.HI/c1-13(2)20-17(18-10-9-16-4-3-11-24-16)19-12-14-5-7-15(8-6-14)21(22)23;/h3-8,11,13H,9-10,12H2,1-2H3,(H2,18,19,20);1H. The van der Waals surface area contributed by atoms with E-state index < -0.39 is 4.92 Å². The third-order valence-electron chi connectivity index (χ3n) is 3.24. The first kappa shape index (κ1) is 21.4. The van der Waals surface area contributed by atoms with Gasteiger partial charge in [-0.3, -0.25) is 10.1 Å². The Morgan fingerprint density at radius 2 is 2.00 bits per heavy atom. The highest BCUT2D eigenvalue weighted by Crippen LogP contribution is 2.12. The summed E-state index contributed by atoms with van der Waals surface area (Å²) in [7, 11) is 0. The topological polar surface area (TPSA) is 79.6 Å². The van der Waals surface area contributed by atoms with Crippen LogP contribution in [0.3, 0.4) is 0 Å². The molecule has 8 heteroatoms. The molecule has 0 radical (unpaired) electrons. The second kappa shape index (κ2) is 11.0. The van der Waals surface area contributed by atoms with Crippen LogP contribution in [0.15, 0.2) is 46.8 Å². The zero-order valence-corrected chi connectivity index (χ0v) is 17.4. The summed E-state index contributed by atoms with van der Waals surface area (Å²) < 4.78 is 0. The monoisotopic (exact) mass is 474 g/mol. The van der Waals surface area contributed by atoms with E-state index in [0.717, 1.165) is 24.5 Å². The second-order valence-corrected chi connectivity index (χ2v) is 6.68. The minimum absolute atomic E-state index is 0. The fourth-order valence-electron chi connectivity index (χ4n) is 2.08. The van der Waals surface area contributed by atoms with Gasteiger partial charge in [-0.15, -0.1) is 35.3 Å². The van der Waals surface area contributed by atoms with Crippen molar-refractivity contribution in [1.82, 2.24) is 10.6 Å². The molecule has 0 aliphatic rings. The van der Waals surface area contributed by atoms with Gasteiger partial charge in [-0.2, -0.15) is 0 Å². The molecule has 0 saturated heterocycles. The summed E-state index contributed by atoms with van der Waals surface area (Å²) in [5.41, 5.74) is 1.03. The van der Waals surface area contributed by atoms with Gasteiger partial charge in [0.05, 0.1) is 11.5 Å². The summed E-state index contributed by atoms with van der Waals surface area (Å²) in [6.07, 6.45) is 0.952. The molecule has 0 aliphatic carbocycles. The molecule has 1 aromatic carbocycles. The summed E-state index contributed by atoms with van der Waals surface area (Å²) in [6.45, 7) is 5.39. The molecule has 6 nitrogen and oxygen atoms in total. The van der Waals surface area contributed by atoms with Gasteiger partial charge in [0.15, 0.2) is 5.96 Å². The van der Waals surface area contributed by atoms with Gasteiger partial charge in [-0.1, -0.05) is 18.2 Å². The normalized spacial score (nSPS) is 11.1. The van der Waals surface area contributed by atoms with E-state index in [0.29, 0.717) is 6.54 Å². The molecule has 0 atom stereocenters. The Kier molecular flexibility index (Phi) is 9.43. The molecule has 1 aromatic heterocycles. The lowest BCUT2D eigenvalue weighted by Gasteiger charge is -2.15. The summed E-state index contributed by atoms with van der Waals surface area (Å²) in [5, 5.41) is 19.4. The van der Waals surface area contributed by atoms with E-state index in [-0.39, 0.29) is 35.7 Å². The Morgan fingerprint density at radius 3 is 2.56 bits per heavy atom. The number of nitrogens with one attached hydrogen (secondary N) is 2. The molecule has 2 aromatic rings. The average molecular weight is 474 g/mol. The number of nitrogens with zero attached hydrogens (tertiary/aromatic N) is 2. The Balaban J connectivity index is 0.00000312.